The molecule has 1 aliphatic heterocycles. The van der Waals surface area contributed by atoms with Crippen molar-refractivity contribution in [2.75, 3.05) is 26.2 Å². The van der Waals surface area contributed by atoms with Gasteiger partial charge in [0, 0.05) is 18.6 Å². The molecule has 19 heavy (non-hydrogen) atoms. The number of aryl methyl sites for hydroxylation is 1. The van der Waals surface area contributed by atoms with Crippen LogP contribution in [0.4, 0.5) is 0 Å². The van der Waals surface area contributed by atoms with E-state index in [1.165, 1.54) is 50.0 Å². The highest BCUT2D eigenvalue weighted by Crippen LogP contribution is 2.16. The molecular formula is C17H28N2. The molecule has 1 atom stereocenters. The van der Waals surface area contributed by atoms with Crippen LogP contribution in [-0.2, 0) is 6.42 Å². The smallest absolute Gasteiger partial charge is 0.0277 e. The van der Waals surface area contributed by atoms with Crippen molar-refractivity contribution in [1.29, 1.82) is 0 Å². The molecule has 1 saturated heterocycles. The van der Waals surface area contributed by atoms with Crippen molar-refractivity contribution in [1.82, 2.24) is 10.2 Å². The molecule has 2 nitrogen and oxygen atoms in total. The first-order chi connectivity index (χ1) is 9.13. The van der Waals surface area contributed by atoms with E-state index < -0.39 is 0 Å². The summed E-state index contributed by atoms with van der Waals surface area (Å²) in [5.41, 5.74) is 3.22. The molecule has 1 aromatic rings. The first-order valence-electron chi connectivity index (χ1n) is 7.65. The number of benzene rings is 1. The third kappa shape index (κ3) is 4.05. The first-order valence-corrected chi connectivity index (χ1v) is 7.65. The van der Waals surface area contributed by atoms with Gasteiger partial charge in [-0.05, 0) is 57.3 Å². The van der Waals surface area contributed by atoms with Crippen LogP contribution in [0.5, 0.6) is 0 Å². The highest BCUT2D eigenvalue weighted by molar-refractivity contribution is 5.25. The van der Waals surface area contributed by atoms with Crippen LogP contribution in [0.3, 0.4) is 0 Å². The van der Waals surface area contributed by atoms with Crippen LogP contribution in [0.1, 0.15) is 37.8 Å². The lowest BCUT2D eigenvalue weighted by molar-refractivity contribution is 0.217. The fraction of sp³-hybridized carbons (Fsp3) is 0.647. The Morgan fingerprint density at radius 2 is 2.11 bits per heavy atom. The minimum absolute atomic E-state index is 0.294. The fourth-order valence-electron chi connectivity index (χ4n) is 2.92. The number of hydrogen-bond acceptors (Lipinski definition) is 2. The fourth-order valence-corrected chi connectivity index (χ4v) is 2.92. The van der Waals surface area contributed by atoms with E-state index >= 15 is 0 Å². The van der Waals surface area contributed by atoms with Crippen molar-refractivity contribution in [2.24, 2.45) is 0 Å². The summed E-state index contributed by atoms with van der Waals surface area (Å²) in [5, 5.41) is 3.71. The molecule has 0 saturated carbocycles. The minimum Gasteiger partial charge on any atom is -0.310 e. The molecule has 0 spiro atoms. The Morgan fingerprint density at radius 1 is 1.32 bits per heavy atom. The van der Waals surface area contributed by atoms with Gasteiger partial charge in [-0.25, -0.2) is 0 Å². The molecule has 106 valence electrons. The SMILES string of the molecule is CCC1(C)CN(CCc2ccccc2C)CCCN1. The molecule has 1 unspecified atom stereocenters. The zero-order valence-electron chi connectivity index (χ0n) is 12.7. The van der Waals surface area contributed by atoms with Crippen LogP contribution in [0.15, 0.2) is 24.3 Å². The second kappa shape index (κ2) is 6.53. The maximum atomic E-state index is 3.71. The Balaban J connectivity index is 1.93. The largest absolute Gasteiger partial charge is 0.310 e. The number of nitrogens with one attached hydrogen (secondary N) is 1. The monoisotopic (exact) mass is 260 g/mol. The molecule has 0 radical (unpaired) electrons. The normalized spacial score (nSPS) is 25.2. The molecule has 1 aliphatic rings. The average molecular weight is 260 g/mol. The van der Waals surface area contributed by atoms with Gasteiger partial charge in [0.1, 0.15) is 0 Å². The molecule has 2 heteroatoms. The zero-order chi connectivity index (χ0) is 13.7. The van der Waals surface area contributed by atoms with E-state index in [2.05, 4.69) is 55.3 Å². The van der Waals surface area contributed by atoms with E-state index in [0.29, 0.717) is 5.54 Å². The standard InChI is InChI=1S/C17H28N2/c1-4-17(3)14-19(12-7-11-18-17)13-10-16-9-6-5-8-15(16)2/h5-6,8-9,18H,4,7,10-14H2,1-3H3. The Bertz CT molecular complexity index is 402. The van der Waals surface area contributed by atoms with E-state index in [1.807, 2.05) is 0 Å². The van der Waals surface area contributed by atoms with Crippen LogP contribution in [0.25, 0.3) is 0 Å². The predicted octanol–water partition coefficient (Wildman–Crippen LogP) is 3.00. The van der Waals surface area contributed by atoms with Crippen LogP contribution in [-0.4, -0.2) is 36.6 Å². The molecule has 1 N–H and O–H groups in total. The zero-order valence-corrected chi connectivity index (χ0v) is 12.7. The maximum absolute atomic E-state index is 3.71. The van der Waals surface area contributed by atoms with Crippen LogP contribution >= 0.6 is 0 Å². The van der Waals surface area contributed by atoms with Gasteiger partial charge in [0.15, 0.2) is 0 Å². The van der Waals surface area contributed by atoms with Crippen LogP contribution in [0, 0.1) is 6.92 Å². The predicted molar refractivity (Wildman–Crippen MR) is 82.6 cm³/mol. The number of rotatable bonds is 4. The quantitative estimate of drug-likeness (QED) is 0.895. The third-order valence-corrected chi connectivity index (χ3v) is 4.51. The highest BCUT2D eigenvalue weighted by atomic mass is 15.2. The van der Waals surface area contributed by atoms with E-state index in [0.717, 1.165) is 6.54 Å². The van der Waals surface area contributed by atoms with Crippen molar-refractivity contribution in [3.8, 4) is 0 Å². The molecule has 0 bridgehead atoms. The van der Waals surface area contributed by atoms with Gasteiger partial charge < -0.3 is 10.2 Å². The number of nitrogens with zero attached hydrogens (tertiary/aromatic N) is 1. The van der Waals surface area contributed by atoms with Gasteiger partial charge >= 0.3 is 0 Å². The van der Waals surface area contributed by atoms with Crippen molar-refractivity contribution in [2.45, 2.75) is 45.6 Å². The molecule has 1 heterocycles. The summed E-state index contributed by atoms with van der Waals surface area (Å²) in [5.74, 6) is 0. The summed E-state index contributed by atoms with van der Waals surface area (Å²) in [6, 6.07) is 8.77. The van der Waals surface area contributed by atoms with Crippen molar-refractivity contribution in [3.63, 3.8) is 0 Å². The summed E-state index contributed by atoms with van der Waals surface area (Å²) in [4.78, 5) is 2.63. The summed E-state index contributed by atoms with van der Waals surface area (Å²) in [7, 11) is 0. The summed E-state index contributed by atoms with van der Waals surface area (Å²) in [6.07, 6.45) is 3.64. The second-order valence-corrected chi connectivity index (χ2v) is 6.15. The van der Waals surface area contributed by atoms with Gasteiger partial charge in [0.25, 0.3) is 0 Å². The number of hydrogen-bond donors (Lipinski definition) is 1. The van der Waals surface area contributed by atoms with E-state index in [1.54, 1.807) is 0 Å². The van der Waals surface area contributed by atoms with Gasteiger partial charge in [0.2, 0.25) is 0 Å². The molecule has 1 aromatic carbocycles. The maximum Gasteiger partial charge on any atom is 0.0277 e. The Kier molecular flexibility index (Phi) is 5.00. The first kappa shape index (κ1) is 14.5. The molecule has 2 rings (SSSR count). The van der Waals surface area contributed by atoms with E-state index in [-0.39, 0.29) is 0 Å². The van der Waals surface area contributed by atoms with Gasteiger partial charge in [-0.15, -0.1) is 0 Å². The Morgan fingerprint density at radius 3 is 2.84 bits per heavy atom. The molecular weight excluding hydrogens is 232 g/mol. The van der Waals surface area contributed by atoms with Gasteiger partial charge in [-0.3, -0.25) is 0 Å². The molecule has 0 aromatic heterocycles. The highest BCUT2D eigenvalue weighted by Gasteiger charge is 2.26. The summed E-state index contributed by atoms with van der Waals surface area (Å²) in [6.45, 7) is 11.6. The second-order valence-electron chi connectivity index (χ2n) is 6.15. The lowest BCUT2D eigenvalue weighted by Crippen LogP contribution is -2.48. The molecule has 0 amide bonds. The van der Waals surface area contributed by atoms with Crippen molar-refractivity contribution < 1.29 is 0 Å². The van der Waals surface area contributed by atoms with E-state index in [9.17, 15) is 0 Å². The third-order valence-electron chi connectivity index (χ3n) is 4.51. The summed E-state index contributed by atoms with van der Waals surface area (Å²) < 4.78 is 0. The average Bonchev–Trinajstić information content (AvgIpc) is 2.60. The van der Waals surface area contributed by atoms with Crippen LogP contribution < -0.4 is 5.32 Å². The molecule has 1 fully saturated rings. The summed E-state index contributed by atoms with van der Waals surface area (Å²) >= 11 is 0. The van der Waals surface area contributed by atoms with Crippen LogP contribution in [0.2, 0.25) is 0 Å². The van der Waals surface area contributed by atoms with Gasteiger partial charge in [0.05, 0.1) is 0 Å². The van der Waals surface area contributed by atoms with Gasteiger partial charge in [-0.1, -0.05) is 31.2 Å². The molecule has 0 aliphatic carbocycles. The lowest BCUT2D eigenvalue weighted by atomic mass is 9.98. The Hall–Kier alpha value is -0.860. The van der Waals surface area contributed by atoms with E-state index in [4.69, 9.17) is 0 Å². The van der Waals surface area contributed by atoms with Crippen molar-refractivity contribution in [3.05, 3.63) is 35.4 Å². The van der Waals surface area contributed by atoms with Crippen molar-refractivity contribution >= 4 is 0 Å². The minimum atomic E-state index is 0.294. The Labute approximate surface area is 118 Å². The van der Waals surface area contributed by atoms with Gasteiger partial charge in [-0.2, -0.15) is 0 Å². The lowest BCUT2D eigenvalue weighted by Gasteiger charge is -2.32. The topological polar surface area (TPSA) is 15.3 Å².